The maximum absolute atomic E-state index is 13.8. The number of nitrogens with one attached hydrogen (secondary N) is 1. The molecule has 0 aromatic heterocycles. The summed E-state index contributed by atoms with van der Waals surface area (Å²) in [7, 11) is 0. The van der Waals surface area contributed by atoms with Crippen LogP contribution in [0.15, 0.2) is 18.2 Å². The van der Waals surface area contributed by atoms with Gasteiger partial charge in [0.25, 0.3) is 0 Å². The lowest BCUT2D eigenvalue weighted by atomic mass is 10.1. The fourth-order valence-electron chi connectivity index (χ4n) is 2.38. The number of hydrogen-bond acceptors (Lipinski definition) is 3. The first-order chi connectivity index (χ1) is 10.1. The molecule has 0 bridgehead atoms. The van der Waals surface area contributed by atoms with E-state index in [1.807, 2.05) is 6.92 Å². The zero-order valence-electron chi connectivity index (χ0n) is 12.1. The van der Waals surface area contributed by atoms with E-state index in [9.17, 15) is 13.6 Å². The maximum atomic E-state index is 13.8. The summed E-state index contributed by atoms with van der Waals surface area (Å²) in [5.41, 5.74) is 0.289. The Labute approximate surface area is 123 Å². The molecule has 1 atom stereocenters. The summed E-state index contributed by atoms with van der Waals surface area (Å²) in [6.07, 6.45) is 1.10. The second-order valence-electron chi connectivity index (χ2n) is 5.00. The van der Waals surface area contributed by atoms with Crippen molar-refractivity contribution >= 4 is 5.91 Å². The minimum atomic E-state index is -0.644. The second-order valence-corrected chi connectivity index (χ2v) is 5.00. The Bertz CT molecular complexity index is 497. The van der Waals surface area contributed by atoms with Gasteiger partial charge in [0.1, 0.15) is 17.8 Å². The van der Waals surface area contributed by atoms with Gasteiger partial charge in [-0.05, 0) is 25.0 Å². The van der Waals surface area contributed by atoms with E-state index < -0.39 is 17.8 Å². The van der Waals surface area contributed by atoms with Gasteiger partial charge in [0.2, 0.25) is 5.91 Å². The number of hydrogen-bond donors (Lipinski definition) is 1. The predicted molar refractivity (Wildman–Crippen MR) is 74.5 cm³/mol. The number of ether oxygens (including phenoxy) is 1. The standard InChI is InChI=1S/C15H20F2N2O2/c1-2-7-21-8-3-6-19-14(20)10-18-15(19)12-5-4-11(16)9-13(12)17/h4-5,9,15,18H,2-3,6-8,10H2,1H3. The maximum Gasteiger partial charge on any atom is 0.238 e. The summed E-state index contributed by atoms with van der Waals surface area (Å²) < 4.78 is 32.2. The van der Waals surface area contributed by atoms with Crippen LogP contribution in [0.1, 0.15) is 31.5 Å². The van der Waals surface area contributed by atoms with E-state index in [-0.39, 0.29) is 18.0 Å². The van der Waals surface area contributed by atoms with E-state index in [4.69, 9.17) is 4.74 Å². The van der Waals surface area contributed by atoms with Crippen LogP contribution in [-0.2, 0) is 9.53 Å². The molecule has 1 N–H and O–H groups in total. The Kier molecular flexibility index (Phi) is 5.64. The fourth-order valence-corrected chi connectivity index (χ4v) is 2.38. The van der Waals surface area contributed by atoms with Crippen LogP contribution in [0.2, 0.25) is 0 Å². The third-order valence-corrected chi connectivity index (χ3v) is 3.37. The molecule has 21 heavy (non-hydrogen) atoms. The summed E-state index contributed by atoms with van der Waals surface area (Å²) in [6.45, 7) is 3.94. The summed E-state index contributed by atoms with van der Waals surface area (Å²) in [5.74, 6) is -1.35. The lowest BCUT2D eigenvalue weighted by molar-refractivity contribution is -0.128. The minimum absolute atomic E-state index is 0.0841. The molecular weight excluding hydrogens is 278 g/mol. The van der Waals surface area contributed by atoms with Crippen molar-refractivity contribution in [3.8, 4) is 0 Å². The highest BCUT2D eigenvalue weighted by Gasteiger charge is 2.32. The molecular formula is C15H20F2N2O2. The summed E-state index contributed by atoms with van der Waals surface area (Å²) in [6, 6.07) is 3.41. The molecule has 4 nitrogen and oxygen atoms in total. The van der Waals surface area contributed by atoms with Crippen molar-refractivity contribution in [2.24, 2.45) is 0 Å². The van der Waals surface area contributed by atoms with Gasteiger partial charge in [0.15, 0.2) is 0 Å². The van der Waals surface area contributed by atoms with Gasteiger partial charge in [0.05, 0.1) is 6.54 Å². The van der Waals surface area contributed by atoms with Gasteiger partial charge in [-0.1, -0.05) is 6.92 Å². The number of carbonyl (C=O) groups is 1. The van der Waals surface area contributed by atoms with Crippen LogP contribution in [-0.4, -0.2) is 37.1 Å². The van der Waals surface area contributed by atoms with Gasteiger partial charge in [-0.15, -0.1) is 0 Å². The van der Waals surface area contributed by atoms with Crippen LogP contribution in [0.5, 0.6) is 0 Å². The molecule has 1 amide bonds. The van der Waals surface area contributed by atoms with Crippen LogP contribution in [0, 0.1) is 11.6 Å². The normalized spacial score (nSPS) is 18.5. The third kappa shape index (κ3) is 3.98. The highest BCUT2D eigenvalue weighted by molar-refractivity contribution is 5.80. The van der Waals surface area contributed by atoms with E-state index >= 15 is 0 Å². The molecule has 116 valence electrons. The molecule has 0 aliphatic carbocycles. The van der Waals surface area contributed by atoms with Crippen molar-refractivity contribution in [1.82, 2.24) is 10.2 Å². The van der Waals surface area contributed by atoms with Gasteiger partial charge < -0.3 is 9.64 Å². The van der Waals surface area contributed by atoms with Crippen molar-refractivity contribution < 1.29 is 18.3 Å². The average molecular weight is 298 g/mol. The SMILES string of the molecule is CCCOCCCN1C(=O)CNC1c1ccc(F)cc1F. The largest absolute Gasteiger partial charge is 0.381 e. The monoisotopic (exact) mass is 298 g/mol. The first kappa shape index (κ1) is 15.9. The van der Waals surface area contributed by atoms with Gasteiger partial charge in [-0.25, -0.2) is 8.78 Å². The van der Waals surface area contributed by atoms with E-state index in [0.29, 0.717) is 26.2 Å². The highest BCUT2D eigenvalue weighted by Crippen LogP contribution is 2.25. The van der Waals surface area contributed by atoms with Gasteiger partial charge >= 0.3 is 0 Å². The number of amides is 1. The molecule has 1 saturated heterocycles. The summed E-state index contributed by atoms with van der Waals surface area (Å²) in [5, 5.41) is 2.96. The van der Waals surface area contributed by atoms with Crippen molar-refractivity contribution in [3.05, 3.63) is 35.4 Å². The van der Waals surface area contributed by atoms with E-state index in [2.05, 4.69) is 5.32 Å². The Balaban J connectivity index is 1.99. The number of nitrogens with zero attached hydrogens (tertiary/aromatic N) is 1. The van der Waals surface area contributed by atoms with Crippen LogP contribution in [0.3, 0.4) is 0 Å². The molecule has 2 rings (SSSR count). The number of halogens is 2. The zero-order chi connectivity index (χ0) is 15.2. The first-order valence-electron chi connectivity index (χ1n) is 7.19. The van der Waals surface area contributed by atoms with Crippen LogP contribution < -0.4 is 5.32 Å². The molecule has 6 heteroatoms. The lowest BCUT2D eigenvalue weighted by Crippen LogP contribution is -2.32. The van der Waals surface area contributed by atoms with Crippen molar-refractivity contribution in [2.75, 3.05) is 26.3 Å². The number of rotatable bonds is 7. The third-order valence-electron chi connectivity index (χ3n) is 3.37. The Morgan fingerprint density at radius 1 is 1.38 bits per heavy atom. The Morgan fingerprint density at radius 3 is 2.90 bits per heavy atom. The smallest absolute Gasteiger partial charge is 0.238 e. The Morgan fingerprint density at radius 2 is 2.19 bits per heavy atom. The lowest BCUT2D eigenvalue weighted by Gasteiger charge is -2.25. The molecule has 1 aliphatic heterocycles. The van der Waals surface area contributed by atoms with Crippen LogP contribution in [0.4, 0.5) is 8.78 Å². The highest BCUT2D eigenvalue weighted by atomic mass is 19.1. The summed E-state index contributed by atoms with van der Waals surface area (Å²) in [4.78, 5) is 13.5. The minimum Gasteiger partial charge on any atom is -0.381 e. The van der Waals surface area contributed by atoms with E-state index in [1.165, 1.54) is 12.1 Å². The molecule has 1 aromatic rings. The Hall–Kier alpha value is -1.53. The first-order valence-corrected chi connectivity index (χ1v) is 7.19. The molecule has 1 heterocycles. The number of carbonyl (C=O) groups excluding carboxylic acids is 1. The molecule has 1 aromatic carbocycles. The predicted octanol–water partition coefficient (Wildman–Crippen LogP) is 2.21. The topological polar surface area (TPSA) is 41.6 Å². The van der Waals surface area contributed by atoms with Crippen molar-refractivity contribution in [1.29, 1.82) is 0 Å². The zero-order valence-corrected chi connectivity index (χ0v) is 12.1. The molecule has 0 radical (unpaired) electrons. The second kappa shape index (κ2) is 7.47. The van der Waals surface area contributed by atoms with Crippen molar-refractivity contribution in [2.45, 2.75) is 25.9 Å². The van der Waals surface area contributed by atoms with E-state index in [1.54, 1.807) is 4.90 Å². The quantitative estimate of drug-likeness (QED) is 0.785. The van der Waals surface area contributed by atoms with Gasteiger partial charge in [0, 0.05) is 31.4 Å². The summed E-state index contributed by atoms with van der Waals surface area (Å²) >= 11 is 0. The molecule has 1 fully saturated rings. The molecule has 1 aliphatic rings. The van der Waals surface area contributed by atoms with Crippen molar-refractivity contribution in [3.63, 3.8) is 0 Å². The molecule has 0 saturated carbocycles. The van der Waals surface area contributed by atoms with Gasteiger partial charge in [-0.2, -0.15) is 0 Å². The van der Waals surface area contributed by atoms with Crippen LogP contribution in [0.25, 0.3) is 0 Å². The van der Waals surface area contributed by atoms with E-state index in [0.717, 1.165) is 12.5 Å². The van der Waals surface area contributed by atoms with Gasteiger partial charge in [-0.3, -0.25) is 10.1 Å². The fraction of sp³-hybridized carbons (Fsp3) is 0.533. The molecule has 0 spiro atoms. The number of benzene rings is 1. The molecule has 1 unspecified atom stereocenters. The van der Waals surface area contributed by atoms with Crippen LogP contribution >= 0.6 is 0 Å². The average Bonchev–Trinajstić information content (AvgIpc) is 2.80.